The zero-order chi connectivity index (χ0) is 10.7. The molecule has 1 heterocycles. The Morgan fingerprint density at radius 3 is 2.80 bits per heavy atom. The number of hydrogen-bond donors (Lipinski definition) is 1. The summed E-state index contributed by atoms with van der Waals surface area (Å²) < 4.78 is 10.7. The van der Waals surface area contributed by atoms with E-state index in [1.54, 1.807) is 18.2 Å². The number of nitriles is 1. The molecule has 1 aromatic carbocycles. The van der Waals surface area contributed by atoms with Gasteiger partial charge in [0.1, 0.15) is 13.2 Å². The minimum absolute atomic E-state index is 0.0830. The monoisotopic (exact) mass is 205 g/mol. The molecule has 4 heteroatoms. The molecule has 1 aliphatic rings. The van der Waals surface area contributed by atoms with E-state index in [-0.39, 0.29) is 6.42 Å². The molecule has 4 nitrogen and oxygen atoms in total. The standard InChI is InChI=1S/C11H11NO3/c12-4-3-9(13)8-1-2-10-11(7-8)15-6-5-14-10/h1-2,7,9,13H,3,5-6H2. The molecule has 1 aliphatic heterocycles. The van der Waals surface area contributed by atoms with Gasteiger partial charge in [-0.1, -0.05) is 6.07 Å². The van der Waals surface area contributed by atoms with Gasteiger partial charge in [-0.15, -0.1) is 0 Å². The van der Waals surface area contributed by atoms with Gasteiger partial charge < -0.3 is 14.6 Å². The first-order valence-electron chi connectivity index (χ1n) is 4.76. The average molecular weight is 205 g/mol. The van der Waals surface area contributed by atoms with Gasteiger partial charge >= 0.3 is 0 Å². The van der Waals surface area contributed by atoms with Crippen LogP contribution in [0.3, 0.4) is 0 Å². The highest BCUT2D eigenvalue weighted by atomic mass is 16.6. The quantitative estimate of drug-likeness (QED) is 0.792. The van der Waals surface area contributed by atoms with Gasteiger partial charge in [0, 0.05) is 0 Å². The number of aliphatic hydroxyl groups is 1. The van der Waals surface area contributed by atoms with E-state index in [4.69, 9.17) is 14.7 Å². The molecular weight excluding hydrogens is 194 g/mol. The summed E-state index contributed by atoms with van der Waals surface area (Å²) in [4.78, 5) is 0. The van der Waals surface area contributed by atoms with Crippen molar-refractivity contribution < 1.29 is 14.6 Å². The van der Waals surface area contributed by atoms with Crippen molar-refractivity contribution in [3.05, 3.63) is 23.8 Å². The fourth-order valence-electron chi connectivity index (χ4n) is 1.47. The highest BCUT2D eigenvalue weighted by Crippen LogP contribution is 2.33. The van der Waals surface area contributed by atoms with Crippen LogP contribution >= 0.6 is 0 Å². The van der Waals surface area contributed by atoms with E-state index >= 15 is 0 Å². The fraction of sp³-hybridized carbons (Fsp3) is 0.364. The Labute approximate surface area is 87.7 Å². The third-order valence-corrected chi connectivity index (χ3v) is 2.24. The topological polar surface area (TPSA) is 62.5 Å². The Morgan fingerprint density at radius 1 is 1.33 bits per heavy atom. The van der Waals surface area contributed by atoms with Crippen molar-refractivity contribution in [2.24, 2.45) is 0 Å². The summed E-state index contributed by atoms with van der Waals surface area (Å²) >= 11 is 0. The summed E-state index contributed by atoms with van der Waals surface area (Å²) in [6.45, 7) is 1.07. The molecule has 1 atom stereocenters. The first-order valence-corrected chi connectivity index (χ1v) is 4.76. The number of benzene rings is 1. The van der Waals surface area contributed by atoms with Crippen molar-refractivity contribution in [3.63, 3.8) is 0 Å². The van der Waals surface area contributed by atoms with Crippen LogP contribution in [0.4, 0.5) is 0 Å². The van der Waals surface area contributed by atoms with Crippen LogP contribution in [-0.4, -0.2) is 18.3 Å². The Morgan fingerprint density at radius 2 is 2.07 bits per heavy atom. The van der Waals surface area contributed by atoms with Crippen molar-refractivity contribution in [1.82, 2.24) is 0 Å². The van der Waals surface area contributed by atoms with E-state index in [0.29, 0.717) is 30.3 Å². The van der Waals surface area contributed by atoms with Crippen LogP contribution in [0.5, 0.6) is 11.5 Å². The maximum Gasteiger partial charge on any atom is 0.161 e. The summed E-state index contributed by atoms with van der Waals surface area (Å²) in [5, 5.41) is 18.1. The number of fused-ring (bicyclic) bond motifs is 1. The van der Waals surface area contributed by atoms with Gasteiger partial charge in [-0.3, -0.25) is 0 Å². The molecule has 1 N–H and O–H groups in total. The molecule has 0 fully saturated rings. The Bertz CT molecular complexity index is 397. The van der Waals surface area contributed by atoms with E-state index in [1.165, 1.54) is 0 Å². The SMILES string of the molecule is N#CCC(O)c1ccc2c(c1)OCCO2. The number of aliphatic hydroxyl groups excluding tert-OH is 1. The molecule has 0 radical (unpaired) electrons. The van der Waals surface area contributed by atoms with Gasteiger partial charge in [-0.25, -0.2) is 0 Å². The van der Waals surface area contributed by atoms with Crippen molar-refractivity contribution in [1.29, 1.82) is 5.26 Å². The molecule has 0 aliphatic carbocycles. The predicted octanol–water partition coefficient (Wildman–Crippen LogP) is 1.40. The van der Waals surface area contributed by atoms with Crippen molar-refractivity contribution in [2.45, 2.75) is 12.5 Å². The van der Waals surface area contributed by atoms with Crippen LogP contribution in [0.1, 0.15) is 18.1 Å². The summed E-state index contributed by atoms with van der Waals surface area (Å²) in [7, 11) is 0. The Balaban J connectivity index is 2.24. The third-order valence-electron chi connectivity index (χ3n) is 2.24. The van der Waals surface area contributed by atoms with Gasteiger partial charge in [0.05, 0.1) is 18.6 Å². The molecule has 0 saturated heterocycles. The molecule has 0 aromatic heterocycles. The summed E-state index contributed by atoms with van der Waals surface area (Å²) in [6, 6.07) is 7.14. The number of nitrogens with zero attached hydrogens (tertiary/aromatic N) is 1. The maximum atomic E-state index is 9.60. The highest BCUT2D eigenvalue weighted by Gasteiger charge is 2.14. The lowest BCUT2D eigenvalue weighted by Crippen LogP contribution is -2.15. The van der Waals surface area contributed by atoms with Crippen LogP contribution in [0.15, 0.2) is 18.2 Å². The van der Waals surface area contributed by atoms with Crippen molar-refractivity contribution in [2.75, 3.05) is 13.2 Å². The van der Waals surface area contributed by atoms with Gasteiger partial charge in [-0.05, 0) is 17.7 Å². The largest absolute Gasteiger partial charge is 0.486 e. The van der Waals surface area contributed by atoms with Crippen LogP contribution in [0, 0.1) is 11.3 Å². The van der Waals surface area contributed by atoms with Gasteiger partial charge in [0.25, 0.3) is 0 Å². The van der Waals surface area contributed by atoms with Crippen LogP contribution in [0.25, 0.3) is 0 Å². The molecule has 2 rings (SSSR count). The minimum atomic E-state index is -0.758. The molecule has 0 amide bonds. The lowest BCUT2D eigenvalue weighted by molar-refractivity contribution is 0.166. The van der Waals surface area contributed by atoms with Gasteiger partial charge in [0.2, 0.25) is 0 Å². The second-order valence-corrected chi connectivity index (χ2v) is 3.28. The first-order chi connectivity index (χ1) is 7.31. The molecule has 15 heavy (non-hydrogen) atoms. The normalized spacial score (nSPS) is 15.5. The van der Waals surface area contributed by atoms with Crippen molar-refractivity contribution in [3.8, 4) is 17.6 Å². The Hall–Kier alpha value is -1.73. The second-order valence-electron chi connectivity index (χ2n) is 3.28. The molecule has 0 saturated carbocycles. The van der Waals surface area contributed by atoms with Crippen LogP contribution < -0.4 is 9.47 Å². The fourth-order valence-corrected chi connectivity index (χ4v) is 1.47. The lowest BCUT2D eigenvalue weighted by Gasteiger charge is -2.19. The number of rotatable bonds is 2. The maximum absolute atomic E-state index is 9.60. The molecule has 0 bridgehead atoms. The van der Waals surface area contributed by atoms with Gasteiger partial charge in [-0.2, -0.15) is 5.26 Å². The predicted molar refractivity (Wildman–Crippen MR) is 52.6 cm³/mol. The molecule has 78 valence electrons. The lowest BCUT2D eigenvalue weighted by atomic mass is 10.1. The summed E-state index contributed by atoms with van der Waals surface area (Å²) in [5.74, 6) is 1.32. The summed E-state index contributed by atoms with van der Waals surface area (Å²) in [5.41, 5.74) is 0.681. The van der Waals surface area contributed by atoms with Crippen molar-refractivity contribution >= 4 is 0 Å². The van der Waals surface area contributed by atoms with E-state index < -0.39 is 6.10 Å². The molecule has 1 unspecified atom stereocenters. The van der Waals surface area contributed by atoms with E-state index in [0.717, 1.165) is 0 Å². The molecule has 1 aromatic rings. The zero-order valence-electron chi connectivity index (χ0n) is 8.14. The second kappa shape index (κ2) is 4.20. The third kappa shape index (κ3) is 2.03. The zero-order valence-corrected chi connectivity index (χ0v) is 8.14. The van der Waals surface area contributed by atoms with Gasteiger partial charge in [0.15, 0.2) is 11.5 Å². The first kappa shape index (κ1) is 9.81. The van der Waals surface area contributed by atoms with E-state index in [2.05, 4.69) is 0 Å². The Kier molecular flexibility index (Phi) is 2.75. The summed E-state index contributed by atoms with van der Waals surface area (Å²) in [6.07, 6.45) is -0.676. The number of hydrogen-bond acceptors (Lipinski definition) is 4. The van der Waals surface area contributed by atoms with Crippen LogP contribution in [-0.2, 0) is 0 Å². The average Bonchev–Trinajstić information content (AvgIpc) is 2.29. The van der Waals surface area contributed by atoms with E-state index in [9.17, 15) is 5.11 Å². The minimum Gasteiger partial charge on any atom is -0.486 e. The molecule has 0 spiro atoms. The smallest absolute Gasteiger partial charge is 0.161 e. The van der Waals surface area contributed by atoms with Crippen LogP contribution in [0.2, 0.25) is 0 Å². The number of ether oxygens (including phenoxy) is 2. The molecular formula is C11H11NO3. The van der Waals surface area contributed by atoms with E-state index in [1.807, 2.05) is 6.07 Å². The highest BCUT2D eigenvalue weighted by molar-refractivity contribution is 5.44.